The van der Waals surface area contributed by atoms with E-state index in [0.717, 1.165) is 11.4 Å². The molecule has 0 saturated heterocycles. The number of thiocarbonyl (C=S) groups is 1. The van der Waals surface area contributed by atoms with E-state index in [1.54, 1.807) is 12.5 Å². The predicted octanol–water partition coefficient (Wildman–Crippen LogP) is 1.47. The van der Waals surface area contributed by atoms with Gasteiger partial charge in [-0.2, -0.15) is 0 Å². The third-order valence-corrected chi connectivity index (χ3v) is 1.59. The normalized spacial score (nSPS) is 9.44. The van der Waals surface area contributed by atoms with Crippen LogP contribution in [-0.2, 0) is 0 Å². The van der Waals surface area contributed by atoms with E-state index in [1.165, 1.54) is 0 Å². The fraction of sp³-hybridized carbons (Fsp3) is 0.333. The molecule has 1 heterocycles. The fourth-order valence-corrected chi connectivity index (χ4v) is 0.697. The van der Waals surface area contributed by atoms with E-state index in [2.05, 4.69) is 4.98 Å². The monoisotopic (exact) mass is 140 g/mol. The Morgan fingerprint density at radius 2 is 2.56 bits per heavy atom. The maximum Gasteiger partial charge on any atom is 0.0995 e. The second kappa shape index (κ2) is 2.73. The van der Waals surface area contributed by atoms with Crippen molar-refractivity contribution in [3.05, 3.63) is 18.7 Å². The average molecular weight is 140 g/mol. The minimum Gasteiger partial charge on any atom is -0.300 e. The van der Waals surface area contributed by atoms with Crippen LogP contribution < -0.4 is 0 Å². The Bertz CT molecular complexity index is 191. The van der Waals surface area contributed by atoms with Gasteiger partial charge in [-0.05, 0) is 6.42 Å². The van der Waals surface area contributed by atoms with E-state index in [4.69, 9.17) is 12.2 Å². The summed E-state index contributed by atoms with van der Waals surface area (Å²) in [5.41, 5.74) is 0. The maximum absolute atomic E-state index is 5.00. The van der Waals surface area contributed by atoms with Crippen molar-refractivity contribution in [2.24, 2.45) is 0 Å². The predicted molar refractivity (Wildman–Crippen MR) is 40.5 cm³/mol. The van der Waals surface area contributed by atoms with Crippen molar-refractivity contribution in [3.63, 3.8) is 0 Å². The molecule has 0 aliphatic rings. The van der Waals surface area contributed by atoms with Gasteiger partial charge in [-0.25, -0.2) is 4.98 Å². The van der Waals surface area contributed by atoms with Crippen LogP contribution in [0.15, 0.2) is 18.7 Å². The van der Waals surface area contributed by atoms with Crippen molar-refractivity contribution in [2.75, 3.05) is 0 Å². The van der Waals surface area contributed by atoms with Gasteiger partial charge in [0, 0.05) is 12.4 Å². The molecule has 0 N–H and O–H groups in total. The third-order valence-electron chi connectivity index (χ3n) is 1.09. The number of hydrogen-bond acceptors (Lipinski definition) is 2. The van der Waals surface area contributed by atoms with Gasteiger partial charge < -0.3 is 4.57 Å². The number of imidazole rings is 1. The van der Waals surface area contributed by atoms with Gasteiger partial charge >= 0.3 is 0 Å². The summed E-state index contributed by atoms with van der Waals surface area (Å²) in [6, 6.07) is 0. The van der Waals surface area contributed by atoms with Crippen LogP contribution in [0.2, 0.25) is 0 Å². The van der Waals surface area contributed by atoms with Crippen molar-refractivity contribution in [3.8, 4) is 0 Å². The fourth-order valence-electron chi connectivity index (χ4n) is 0.589. The van der Waals surface area contributed by atoms with Gasteiger partial charge in [-0.1, -0.05) is 19.1 Å². The molecule has 0 unspecified atom stereocenters. The van der Waals surface area contributed by atoms with Crippen LogP contribution in [0.3, 0.4) is 0 Å². The van der Waals surface area contributed by atoms with Crippen LogP contribution in [0.25, 0.3) is 0 Å². The molecule has 0 atom stereocenters. The Labute approximate surface area is 59.5 Å². The molecule has 0 aromatic carbocycles. The minimum absolute atomic E-state index is 0.895. The van der Waals surface area contributed by atoms with Crippen LogP contribution in [-0.4, -0.2) is 14.5 Å². The topological polar surface area (TPSA) is 17.8 Å². The van der Waals surface area contributed by atoms with E-state index in [-0.39, 0.29) is 0 Å². The summed E-state index contributed by atoms with van der Waals surface area (Å²) in [6.07, 6.45) is 6.19. The summed E-state index contributed by atoms with van der Waals surface area (Å²) in [4.78, 5) is 4.78. The molecule has 1 aromatic rings. The molecular weight excluding hydrogens is 132 g/mol. The van der Waals surface area contributed by atoms with E-state index in [0.29, 0.717) is 0 Å². The first kappa shape index (κ1) is 6.42. The van der Waals surface area contributed by atoms with Gasteiger partial charge in [0.05, 0.1) is 11.3 Å². The molecule has 2 nitrogen and oxygen atoms in total. The van der Waals surface area contributed by atoms with Crippen LogP contribution >= 0.6 is 12.2 Å². The van der Waals surface area contributed by atoms with E-state index in [1.807, 2.05) is 17.7 Å². The van der Waals surface area contributed by atoms with E-state index >= 15 is 0 Å². The van der Waals surface area contributed by atoms with Gasteiger partial charge in [0.1, 0.15) is 0 Å². The molecule has 0 amide bonds. The average Bonchev–Trinajstić information content (AvgIpc) is 2.37. The lowest BCUT2D eigenvalue weighted by molar-refractivity contribution is 1.09. The quantitative estimate of drug-likeness (QED) is 0.550. The van der Waals surface area contributed by atoms with Gasteiger partial charge in [-0.15, -0.1) is 0 Å². The van der Waals surface area contributed by atoms with Gasteiger partial charge in [-0.3, -0.25) is 0 Å². The van der Waals surface area contributed by atoms with Gasteiger partial charge in [0.2, 0.25) is 0 Å². The Morgan fingerprint density at radius 3 is 3.00 bits per heavy atom. The molecule has 0 bridgehead atoms. The lowest BCUT2D eigenvalue weighted by Crippen LogP contribution is -2.03. The second-order valence-electron chi connectivity index (χ2n) is 1.72. The van der Waals surface area contributed by atoms with E-state index < -0.39 is 0 Å². The number of hydrogen-bond donors (Lipinski definition) is 0. The molecule has 3 heteroatoms. The Morgan fingerprint density at radius 1 is 1.78 bits per heavy atom. The lowest BCUT2D eigenvalue weighted by atomic mass is 10.5. The summed E-state index contributed by atoms with van der Waals surface area (Å²) in [5, 5.41) is 0. The van der Waals surface area contributed by atoms with Crippen molar-refractivity contribution < 1.29 is 0 Å². The summed E-state index contributed by atoms with van der Waals surface area (Å²) < 4.78 is 1.84. The van der Waals surface area contributed by atoms with Crippen molar-refractivity contribution in [1.82, 2.24) is 9.55 Å². The van der Waals surface area contributed by atoms with Crippen molar-refractivity contribution in [2.45, 2.75) is 13.3 Å². The first-order chi connectivity index (χ1) is 4.34. The summed E-state index contributed by atoms with van der Waals surface area (Å²) in [5.74, 6) is 0. The maximum atomic E-state index is 5.00. The number of nitrogens with zero attached hydrogens (tertiary/aromatic N) is 2. The smallest absolute Gasteiger partial charge is 0.0995 e. The van der Waals surface area contributed by atoms with Crippen molar-refractivity contribution in [1.29, 1.82) is 0 Å². The minimum atomic E-state index is 0.895. The lowest BCUT2D eigenvalue weighted by Gasteiger charge is -1.96. The standard InChI is InChI=1S/C6H8N2S/c1-2-6(9)8-4-3-7-5-8/h3-5H,2H2,1H3. The largest absolute Gasteiger partial charge is 0.300 e. The van der Waals surface area contributed by atoms with Crippen LogP contribution in [0, 0.1) is 0 Å². The molecule has 0 spiro atoms. The van der Waals surface area contributed by atoms with Crippen LogP contribution in [0.4, 0.5) is 0 Å². The van der Waals surface area contributed by atoms with Gasteiger partial charge in [0.15, 0.2) is 0 Å². The zero-order valence-electron chi connectivity index (χ0n) is 5.24. The zero-order chi connectivity index (χ0) is 6.69. The Kier molecular flexibility index (Phi) is 1.95. The first-order valence-electron chi connectivity index (χ1n) is 2.85. The van der Waals surface area contributed by atoms with E-state index in [9.17, 15) is 0 Å². The summed E-state index contributed by atoms with van der Waals surface area (Å²) >= 11 is 5.00. The Balaban J connectivity index is 2.77. The van der Waals surface area contributed by atoms with Gasteiger partial charge in [0.25, 0.3) is 0 Å². The highest BCUT2D eigenvalue weighted by atomic mass is 32.1. The summed E-state index contributed by atoms with van der Waals surface area (Å²) in [7, 11) is 0. The molecule has 0 aliphatic carbocycles. The third kappa shape index (κ3) is 1.36. The Hall–Kier alpha value is -0.700. The molecule has 9 heavy (non-hydrogen) atoms. The highest BCUT2D eigenvalue weighted by molar-refractivity contribution is 7.80. The molecule has 0 aliphatic heterocycles. The summed E-state index contributed by atoms with van der Waals surface area (Å²) in [6.45, 7) is 2.03. The highest BCUT2D eigenvalue weighted by Gasteiger charge is 1.91. The molecule has 1 rings (SSSR count). The molecular formula is C6H8N2S. The molecule has 0 radical (unpaired) electrons. The molecule has 48 valence electrons. The number of rotatable bonds is 1. The van der Waals surface area contributed by atoms with Crippen LogP contribution in [0.1, 0.15) is 13.3 Å². The van der Waals surface area contributed by atoms with Crippen molar-refractivity contribution >= 4 is 17.2 Å². The molecule has 0 fully saturated rings. The molecule has 0 saturated carbocycles. The first-order valence-corrected chi connectivity index (χ1v) is 3.26. The number of aromatic nitrogens is 2. The highest BCUT2D eigenvalue weighted by Crippen LogP contribution is 1.90. The van der Waals surface area contributed by atoms with Crippen LogP contribution in [0.5, 0.6) is 0 Å². The SMILES string of the molecule is CCC(=S)n1ccnc1. The second-order valence-corrected chi connectivity index (χ2v) is 2.19. The molecule has 1 aromatic heterocycles. The zero-order valence-corrected chi connectivity index (χ0v) is 6.06.